The lowest BCUT2D eigenvalue weighted by Crippen LogP contribution is -2.10. The fourth-order valence-electron chi connectivity index (χ4n) is 1.39. The zero-order valence-electron chi connectivity index (χ0n) is 9.04. The van der Waals surface area contributed by atoms with E-state index in [4.69, 9.17) is 0 Å². The summed E-state index contributed by atoms with van der Waals surface area (Å²) in [5.74, 6) is 6.75. The fourth-order valence-corrected chi connectivity index (χ4v) is 1.39. The molecule has 0 spiro atoms. The van der Waals surface area contributed by atoms with E-state index in [0.717, 1.165) is 23.3 Å². The smallest absolute Gasteiger partial charge is 0.163 e. The van der Waals surface area contributed by atoms with E-state index in [0.29, 0.717) is 5.82 Å². The number of nitrogens with zero attached hydrogens (tertiary/aromatic N) is 2. The third kappa shape index (κ3) is 2.04. The van der Waals surface area contributed by atoms with Crippen LogP contribution in [0.1, 0.15) is 12.5 Å². The summed E-state index contributed by atoms with van der Waals surface area (Å²) in [7, 11) is 0. The highest BCUT2D eigenvalue weighted by atomic mass is 15.2. The molecule has 0 bridgehead atoms. The maximum Gasteiger partial charge on any atom is 0.163 e. The molecule has 0 unspecified atom stereocenters. The van der Waals surface area contributed by atoms with Gasteiger partial charge in [0.1, 0.15) is 0 Å². The maximum atomic E-state index is 3.87. The van der Waals surface area contributed by atoms with Gasteiger partial charge in [-0.05, 0) is 25.3 Å². The van der Waals surface area contributed by atoms with Gasteiger partial charge in [-0.3, -0.25) is 5.10 Å². The van der Waals surface area contributed by atoms with Crippen LogP contribution in [0.25, 0.3) is 0 Å². The monoisotopic (exact) mass is 212 g/mol. The Kier molecular flexibility index (Phi) is 2.88. The molecule has 2 rings (SSSR count). The van der Waals surface area contributed by atoms with Gasteiger partial charge in [-0.2, -0.15) is 5.10 Å². The highest BCUT2D eigenvalue weighted by Crippen LogP contribution is 2.14. The van der Waals surface area contributed by atoms with Crippen LogP contribution in [0.3, 0.4) is 0 Å². The van der Waals surface area contributed by atoms with E-state index < -0.39 is 0 Å². The molecule has 0 aromatic carbocycles. The first-order valence-corrected chi connectivity index (χ1v) is 4.94. The van der Waals surface area contributed by atoms with E-state index in [1.807, 2.05) is 13.1 Å². The van der Waals surface area contributed by atoms with Gasteiger partial charge in [0, 0.05) is 18.3 Å². The summed E-state index contributed by atoms with van der Waals surface area (Å²) in [4.78, 5) is 3.80. The van der Waals surface area contributed by atoms with Crippen molar-refractivity contribution in [2.24, 2.45) is 4.99 Å². The average Bonchev–Trinajstić information content (AvgIpc) is 2.75. The van der Waals surface area contributed by atoms with Crippen molar-refractivity contribution >= 4 is 12.5 Å². The van der Waals surface area contributed by atoms with Crippen molar-refractivity contribution in [2.45, 2.75) is 6.92 Å². The molecule has 0 atom stereocenters. The summed E-state index contributed by atoms with van der Waals surface area (Å²) in [6.07, 6.45) is 5.67. The molecule has 80 valence electrons. The Morgan fingerprint density at radius 2 is 2.38 bits per heavy atom. The summed E-state index contributed by atoms with van der Waals surface area (Å²) >= 11 is 0. The van der Waals surface area contributed by atoms with Gasteiger partial charge in [0.15, 0.2) is 5.82 Å². The minimum atomic E-state index is 0.615. The van der Waals surface area contributed by atoms with Gasteiger partial charge in [0.25, 0.3) is 0 Å². The second-order valence-corrected chi connectivity index (χ2v) is 3.39. The number of rotatable bonds is 1. The lowest BCUT2D eigenvalue weighted by Gasteiger charge is -2.07. The second kappa shape index (κ2) is 4.49. The fraction of sp³-hybridized carbons (Fsp3) is 0.167. The average molecular weight is 212 g/mol. The van der Waals surface area contributed by atoms with E-state index in [-0.39, 0.29) is 0 Å². The Morgan fingerprint density at radius 3 is 3.12 bits per heavy atom. The Balaban J connectivity index is 2.25. The lowest BCUT2D eigenvalue weighted by molar-refractivity contribution is 0.946. The molecular weight excluding hydrogens is 200 g/mol. The van der Waals surface area contributed by atoms with Crippen molar-refractivity contribution in [3.05, 3.63) is 35.2 Å². The van der Waals surface area contributed by atoms with Crippen LogP contribution in [0.5, 0.6) is 0 Å². The van der Waals surface area contributed by atoms with Crippen LogP contribution < -0.4 is 5.32 Å². The molecule has 4 heteroatoms. The molecule has 1 aliphatic heterocycles. The van der Waals surface area contributed by atoms with Crippen LogP contribution in [0.4, 0.5) is 5.82 Å². The zero-order valence-corrected chi connectivity index (χ0v) is 9.04. The van der Waals surface area contributed by atoms with Crippen LogP contribution in [0.15, 0.2) is 34.6 Å². The van der Waals surface area contributed by atoms with Crippen LogP contribution in [0, 0.1) is 11.8 Å². The molecule has 0 aliphatic carbocycles. The summed E-state index contributed by atoms with van der Waals surface area (Å²) in [6, 6.07) is 0. The molecule has 4 nitrogen and oxygen atoms in total. The van der Waals surface area contributed by atoms with Gasteiger partial charge >= 0.3 is 0 Å². The highest BCUT2D eigenvalue weighted by molar-refractivity contribution is 5.56. The zero-order chi connectivity index (χ0) is 11.4. The molecule has 2 heterocycles. The Labute approximate surface area is 94.2 Å². The first-order valence-electron chi connectivity index (χ1n) is 4.94. The number of aliphatic imine (C=N–C) groups is 1. The van der Waals surface area contributed by atoms with Gasteiger partial charge in [-0.1, -0.05) is 11.8 Å². The van der Waals surface area contributed by atoms with Crippen molar-refractivity contribution < 1.29 is 0 Å². The highest BCUT2D eigenvalue weighted by Gasteiger charge is 2.01. The summed E-state index contributed by atoms with van der Waals surface area (Å²) in [5, 5.41) is 9.72. The topological polar surface area (TPSA) is 53.1 Å². The van der Waals surface area contributed by atoms with Gasteiger partial charge < -0.3 is 5.32 Å². The minimum absolute atomic E-state index is 0.615. The van der Waals surface area contributed by atoms with Crippen molar-refractivity contribution in [2.75, 3.05) is 6.54 Å². The molecule has 1 aromatic rings. The van der Waals surface area contributed by atoms with E-state index >= 15 is 0 Å². The molecule has 2 N–H and O–H groups in total. The summed E-state index contributed by atoms with van der Waals surface area (Å²) in [5.41, 5.74) is 2.94. The molecule has 0 fully saturated rings. The van der Waals surface area contributed by atoms with Gasteiger partial charge in [0.05, 0.1) is 11.8 Å². The maximum absolute atomic E-state index is 3.87. The largest absolute Gasteiger partial charge is 0.387 e. The van der Waals surface area contributed by atoms with Gasteiger partial charge in [0.2, 0.25) is 0 Å². The standard InChI is InChI=1S/C12H12N4/c1-9-7-14-6-5-10(9)3-4-11-8-15-16-12(11)13-2/h5,7-8,14H,2,6H2,1H3,(H,15,16). The number of hydrogen-bond acceptors (Lipinski definition) is 3. The number of nitrogens with one attached hydrogen (secondary N) is 2. The van der Waals surface area contributed by atoms with Gasteiger partial charge in [-0.25, -0.2) is 4.99 Å². The second-order valence-electron chi connectivity index (χ2n) is 3.39. The number of allylic oxidation sites excluding steroid dienone is 2. The quantitative estimate of drug-likeness (QED) is 0.548. The molecule has 1 aliphatic rings. The third-order valence-electron chi connectivity index (χ3n) is 2.28. The van der Waals surface area contributed by atoms with Gasteiger partial charge in [-0.15, -0.1) is 0 Å². The number of dihydropyridines is 1. The van der Waals surface area contributed by atoms with E-state index in [1.54, 1.807) is 6.20 Å². The SMILES string of the molecule is C=Nc1[nH]ncc1C#CC1=CCNC=C1C. The molecule has 0 amide bonds. The number of aromatic nitrogens is 2. The Morgan fingerprint density at radius 1 is 1.50 bits per heavy atom. The predicted octanol–water partition coefficient (Wildman–Crippen LogP) is 1.53. The third-order valence-corrected chi connectivity index (χ3v) is 2.28. The van der Waals surface area contributed by atoms with Crippen molar-refractivity contribution in [3.63, 3.8) is 0 Å². The van der Waals surface area contributed by atoms with Crippen molar-refractivity contribution in [1.82, 2.24) is 15.5 Å². The molecule has 0 saturated heterocycles. The molecular formula is C12H12N4. The van der Waals surface area contributed by atoms with E-state index in [1.165, 1.54) is 0 Å². The first kappa shape index (κ1) is 10.2. The molecule has 1 aromatic heterocycles. The van der Waals surface area contributed by atoms with E-state index in [9.17, 15) is 0 Å². The molecule has 0 radical (unpaired) electrons. The Bertz CT molecular complexity index is 523. The molecule has 16 heavy (non-hydrogen) atoms. The van der Waals surface area contributed by atoms with Crippen LogP contribution in [-0.2, 0) is 0 Å². The van der Waals surface area contributed by atoms with Crippen LogP contribution >= 0.6 is 0 Å². The van der Waals surface area contributed by atoms with E-state index in [2.05, 4.69) is 45.1 Å². The van der Waals surface area contributed by atoms with Crippen molar-refractivity contribution in [1.29, 1.82) is 0 Å². The number of hydrogen-bond donors (Lipinski definition) is 2. The van der Waals surface area contributed by atoms with Crippen LogP contribution in [-0.4, -0.2) is 23.5 Å². The minimum Gasteiger partial charge on any atom is -0.387 e. The number of H-pyrrole nitrogens is 1. The molecule has 0 saturated carbocycles. The summed E-state index contributed by atoms with van der Waals surface area (Å²) in [6.45, 7) is 6.29. The predicted molar refractivity (Wildman–Crippen MR) is 64.5 cm³/mol. The Hall–Kier alpha value is -2.28. The normalized spacial score (nSPS) is 14.1. The number of aromatic amines is 1. The van der Waals surface area contributed by atoms with Crippen molar-refractivity contribution in [3.8, 4) is 11.8 Å². The summed E-state index contributed by atoms with van der Waals surface area (Å²) < 4.78 is 0. The van der Waals surface area contributed by atoms with Crippen LogP contribution in [0.2, 0.25) is 0 Å². The first-order chi connectivity index (χ1) is 7.81. The lowest BCUT2D eigenvalue weighted by atomic mass is 10.1.